The van der Waals surface area contributed by atoms with Crippen LogP contribution in [0.15, 0.2) is 34.7 Å². The first-order chi connectivity index (χ1) is 9.06. The lowest BCUT2D eigenvalue weighted by Gasteiger charge is -2.01. The molecular formula is C14H10Cl2O3. The fraction of sp³-hybridized carbons (Fsp3) is 0.214. The summed E-state index contributed by atoms with van der Waals surface area (Å²) in [6.45, 7) is 0. The molecule has 0 radical (unpaired) electrons. The molecule has 1 N–H and O–H groups in total. The van der Waals surface area contributed by atoms with Gasteiger partial charge in [0.2, 0.25) is 0 Å². The van der Waals surface area contributed by atoms with Crippen LogP contribution < -0.4 is 0 Å². The quantitative estimate of drug-likeness (QED) is 0.911. The standard InChI is InChI=1S/C14H10Cl2O3/c15-7-1-2-8(11(16)5-7)12-3-4-13(19-12)9-6-10(9)14(17)18/h1-5,9-10H,6H2,(H,17,18)/t9-,10-/m0/s1. The Morgan fingerprint density at radius 1 is 1.26 bits per heavy atom. The van der Waals surface area contributed by atoms with Crippen LogP contribution in [0.1, 0.15) is 18.1 Å². The molecule has 19 heavy (non-hydrogen) atoms. The highest BCUT2D eigenvalue weighted by atomic mass is 35.5. The van der Waals surface area contributed by atoms with Crippen molar-refractivity contribution in [2.45, 2.75) is 12.3 Å². The molecule has 5 heteroatoms. The van der Waals surface area contributed by atoms with Crippen LogP contribution in [-0.4, -0.2) is 11.1 Å². The normalized spacial score (nSPS) is 21.4. The Balaban J connectivity index is 1.88. The third kappa shape index (κ3) is 2.36. The van der Waals surface area contributed by atoms with Crippen LogP contribution >= 0.6 is 23.2 Å². The van der Waals surface area contributed by atoms with Gasteiger partial charge in [0.25, 0.3) is 0 Å². The number of hydrogen-bond donors (Lipinski definition) is 1. The van der Waals surface area contributed by atoms with Crippen molar-refractivity contribution in [3.63, 3.8) is 0 Å². The second kappa shape index (κ2) is 4.58. The number of halogens is 2. The molecule has 98 valence electrons. The zero-order chi connectivity index (χ0) is 13.6. The Morgan fingerprint density at radius 2 is 2.05 bits per heavy atom. The van der Waals surface area contributed by atoms with Crippen LogP contribution in [0.4, 0.5) is 0 Å². The molecule has 1 heterocycles. The summed E-state index contributed by atoms with van der Waals surface area (Å²) >= 11 is 12.0. The second-order valence-corrected chi connectivity index (χ2v) is 5.46. The molecule has 1 saturated carbocycles. The summed E-state index contributed by atoms with van der Waals surface area (Å²) in [6.07, 6.45) is 0.636. The average molecular weight is 297 g/mol. The Hall–Kier alpha value is -1.45. The fourth-order valence-electron chi connectivity index (χ4n) is 2.17. The molecule has 0 bridgehead atoms. The number of rotatable bonds is 3. The average Bonchev–Trinajstić information content (AvgIpc) is 3.01. The van der Waals surface area contributed by atoms with Gasteiger partial charge in [-0.05, 0) is 36.8 Å². The second-order valence-electron chi connectivity index (χ2n) is 4.61. The highest BCUT2D eigenvalue weighted by Gasteiger charge is 2.46. The first kappa shape index (κ1) is 12.6. The van der Waals surface area contributed by atoms with Gasteiger partial charge in [-0.3, -0.25) is 4.79 Å². The summed E-state index contributed by atoms with van der Waals surface area (Å²) in [6, 6.07) is 8.80. The summed E-state index contributed by atoms with van der Waals surface area (Å²) in [5.74, 6) is 0.227. The Kier molecular flexibility index (Phi) is 3.03. The van der Waals surface area contributed by atoms with Crippen LogP contribution in [0, 0.1) is 5.92 Å². The maximum Gasteiger partial charge on any atom is 0.307 e. The van der Waals surface area contributed by atoms with E-state index < -0.39 is 5.97 Å². The van der Waals surface area contributed by atoms with E-state index in [-0.39, 0.29) is 11.8 Å². The van der Waals surface area contributed by atoms with E-state index in [1.807, 2.05) is 12.1 Å². The van der Waals surface area contributed by atoms with Crippen molar-refractivity contribution < 1.29 is 14.3 Å². The molecule has 0 unspecified atom stereocenters. The summed E-state index contributed by atoms with van der Waals surface area (Å²) in [5, 5.41) is 9.98. The maximum absolute atomic E-state index is 10.8. The van der Waals surface area contributed by atoms with Crippen molar-refractivity contribution in [2.24, 2.45) is 5.92 Å². The summed E-state index contributed by atoms with van der Waals surface area (Å²) in [7, 11) is 0. The van der Waals surface area contributed by atoms with Gasteiger partial charge in [-0.1, -0.05) is 23.2 Å². The first-order valence-corrected chi connectivity index (χ1v) is 6.60. The van der Waals surface area contributed by atoms with Crippen LogP contribution in [0.3, 0.4) is 0 Å². The van der Waals surface area contributed by atoms with Gasteiger partial charge >= 0.3 is 5.97 Å². The third-order valence-electron chi connectivity index (χ3n) is 3.30. The van der Waals surface area contributed by atoms with Gasteiger partial charge in [-0.15, -0.1) is 0 Å². The highest BCUT2D eigenvalue weighted by molar-refractivity contribution is 6.36. The van der Waals surface area contributed by atoms with Crippen LogP contribution in [0.2, 0.25) is 10.0 Å². The molecule has 0 spiro atoms. The number of carbonyl (C=O) groups is 1. The minimum Gasteiger partial charge on any atom is -0.481 e. The minimum absolute atomic E-state index is 0.0164. The molecule has 3 rings (SSSR count). The van der Waals surface area contributed by atoms with E-state index in [9.17, 15) is 4.79 Å². The molecule has 1 aliphatic rings. The number of furan rings is 1. The number of hydrogen-bond acceptors (Lipinski definition) is 2. The Morgan fingerprint density at radius 3 is 2.68 bits per heavy atom. The zero-order valence-corrected chi connectivity index (χ0v) is 11.3. The van der Waals surface area contributed by atoms with E-state index in [0.29, 0.717) is 28.0 Å². The number of benzene rings is 1. The molecule has 0 amide bonds. The van der Waals surface area contributed by atoms with E-state index in [0.717, 1.165) is 5.56 Å². The lowest BCUT2D eigenvalue weighted by molar-refractivity contribution is -0.138. The van der Waals surface area contributed by atoms with Gasteiger partial charge in [0.1, 0.15) is 11.5 Å². The van der Waals surface area contributed by atoms with Crippen molar-refractivity contribution in [2.75, 3.05) is 0 Å². The summed E-state index contributed by atoms with van der Waals surface area (Å²) in [4.78, 5) is 10.8. The number of carboxylic acids is 1. The molecule has 2 aromatic rings. The lowest BCUT2D eigenvalue weighted by Crippen LogP contribution is -1.98. The predicted octanol–water partition coefficient (Wildman–Crippen LogP) is 4.44. The van der Waals surface area contributed by atoms with E-state index >= 15 is 0 Å². The van der Waals surface area contributed by atoms with Gasteiger partial charge in [-0.2, -0.15) is 0 Å². The molecule has 0 aliphatic heterocycles. The number of carboxylic acid groups (broad SMARTS) is 1. The first-order valence-electron chi connectivity index (χ1n) is 5.84. The number of aliphatic carboxylic acids is 1. The molecule has 1 fully saturated rings. The molecule has 2 atom stereocenters. The summed E-state index contributed by atoms with van der Waals surface area (Å²) < 4.78 is 5.70. The third-order valence-corrected chi connectivity index (χ3v) is 3.84. The van der Waals surface area contributed by atoms with Crippen LogP contribution in [0.5, 0.6) is 0 Å². The predicted molar refractivity (Wildman–Crippen MR) is 72.6 cm³/mol. The van der Waals surface area contributed by atoms with Crippen LogP contribution in [0.25, 0.3) is 11.3 Å². The van der Waals surface area contributed by atoms with E-state index in [4.69, 9.17) is 32.7 Å². The summed E-state index contributed by atoms with van der Waals surface area (Å²) in [5.41, 5.74) is 0.754. The van der Waals surface area contributed by atoms with Crippen molar-refractivity contribution in [1.82, 2.24) is 0 Å². The Bertz CT molecular complexity index is 648. The minimum atomic E-state index is -0.771. The van der Waals surface area contributed by atoms with E-state index in [1.165, 1.54) is 0 Å². The molecule has 1 aromatic heterocycles. The SMILES string of the molecule is O=C(O)[C@H]1C[C@@H]1c1ccc(-c2ccc(Cl)cc2Cl)o1. The van der Waals surface area contributed by atoms with E-state index in [2.05, 4.69) is 0 Å². The van der Waals surface area contributed by atoms with E-state index in [1.54, 1.807) is 18.2 Å². The van der Waals surface area contributed by atoms with Gasteiger partial charge < -0.3 is 9.52 Å². The van der Waals surface area contributed by atoms with Gasteiger partial charge in [-0.25, -0.2) is 0 Å². The van der Waals surface area contributed by atoms with Crippen molar-refractivity contribution in [3.05, 3.63) is 46.1 Å². The van der Waals surface area contributed by atoms with Crippen molar-refractivity contribution >= 4 is 29.2 Å². The molecule has 3 nitrogen and oxygen atoms in total. The molecule has 0 saturated heterocycles. The Labute approximate surface area is 119 Å². The van der Waals surface area contributed by atoms with Gasteiger partial charge in [0.15, 0.2) is 0 Å². The van der Waals surface area contributed by atoms with Gasteiger partial charge in [0.05, 0.1) is 10.9 Å². The smallest absolute Gasteiger partial charge is 0.307 e. The molecule has 1 aromatic carbocycles. The largest absolute Gasteiger partial charge is 0.481 e. The van der Waals surface area contributed by atoms with Crippen molar-refractivity contribution in [3.8, 4) is 11.3 Å². The molecule has 1 aliphatic carbocycles. The zero-order valence-electron chi connectivity index (χ0n) is 9.77. The fourth-order valence-corrected chi connectivity index (χ4v) is 2.67. The highest BCUT2D eigenvalue weighted by Crippen LogP contribution is 2.49. The monoisotopic (exact) mass is 296 g/mol. The van der Waals surface area contributed by atoms with Gasteiger partial charge in [0, 0.05) is 16.5 Å². The lowest BCUT2D eigenvalue weighted by atomic mass is 10.2. The maximum atomic E-state index is 10.8. The topological polar surface area (TPSA) is 50.4 Å². The van der Waals surface area contributed by atoms with Crippen molar-refractivity contribution in [1.29, 1.82) is 0 Å². The molecular weight excluding hydrogens is 287 g/mol. The van der Waals surface area contributed by atoms with Crippen LogP contribution in [-0.2, 0) is 4.79 Å².